The highest BCUT2D eigenvalue weighted by Gasteiger charge is 2.29. The Morgan fingerprint density at radius 2 is 1.93 bits per heavy atom. The highest BCUT2D eigenvalue weighted by atomic mass is 35.5. The molecule has 1 atom stereocenters. The van der Waals surface area contributed by atoms with Crippen molar-refractivity contribution in [2.45, 2.75) is 25.3 Å². The third kappa shape index (κ3) is 4.45. The quantitative estimate of drug-likeness (QED) is 0.586. The van der Waals surface area contributed by atoms with Gasteiger partial charge in [-0.05, 0) is 67.1 Å². The standard InChI is InChI=1S/C22H21ClN2O3S/c23-14-7-9-15(10-8-14)24-20(26)13-25-11-3-4-16(25)12-18-17-5-1-2-6-19(17)29-21(18)22(27)28/h1-2,5-10,16H,3-4,11-13H2,(H,24,26)(H,27,28). The Balaban J connectivity index is 1.48. The normalized spacial score (nSPS) is 16.9. The summed E-state index contributed by atoms with van der Waals surface area (Å²) in [7, 11) is 0. The fourth-order valence-electron chi connectivity index (χ4n) is 3.96. The first-order valence-corrected chi connectivity index (χ1v) is 10.7. The van der Waals surface area contributed by atoms with Crippen LogP contribution < -0.4 is 5.32 Å². The van der Waals surface area contributed by atoms with Crippen LogP contribution in [0.3, 0.4) is 0 Å². The Hall–Kier alpha value is -2.41. The molecule has 1 aliphatic rings. The first-order valence-electron chi connectivity index (χ1n) is 9.54. The molecule has 1 aromatic heterocycles. The smallest absolute Gasteiger partial charge is 0.346 e. The summed E-state index contributed by atoms with van der Waals surface area (Å²) < 4.78 is 0.991. The highest BCUT2D eigenvalue weighted by molar-refractivity contribution is 7.21. The van der Waals surface area contributed by atoms with E-state index in [0.29, 0.717) is 22.0 Å². The SMILES string of the molecule is O=C(CN1CCCC1Cc1c(C(=O)O)sc2ccccc12)Nc1ccc(Cl)cc1. The largest absolute Gasteiger partial charge is 0.477 e. The number of likely N-dealkylation sites (tertiary alicyclic amines) is 1. The summed E-state index contributed by atoms with van der Waals surface area (Å²) in [6, 6.07) is 15.0. The molecule has 1 unspecified atom stereocenters. The number of carboxylic acids is 1. The van der Waals surface area contributed by atoms with Crippen LogP contribution in [0.25, 0.3) is 10.1 Å². The maximum absolute atomic E-state index is 12.5. The lowest BCUT2D eigenvalue weighted by Gasteiger charge is -2.24. The summed E-state index contributed by atoms with van der Waals surface area (Å²) in [6.45, 7) is 1.13. The number of hydrogen-bond acceptors (Lipinski definition) is 4. The molecule has 1 aliphatic heterocycles. The van der Waals surface area contributed by atoms with Crippen molar-refractivity contribution < 1.29 is 14.7 Å². The molecule has 0 aliphatic carbocycles. The van der Waals surface area contributed by atoms with E-state index >= 15 is 0 Å². The van der Waals surface area contributed by atoms with Gasteiger partial charge in [0, 0.05) is 21.5 Å². The molecule has 4 rings (SSSR count). The van der Waals surface area contributed by atoms with Gasteiger partial charge in [-0.2, -0.15) is 0 Å². The van der Waals surface area contributed by atoms with Crippen molar-refractivity contribution in [2.75, 3.05) is 18.4 Å². The minimum Gasteiger partial charge on any atom is -0.477 e. The van der Waals surface area contributed by atoms with E-state index < -0.39 is 5.97 Å². The van der Waals surface area contributed by atoms with Crippen molar-refractivity contribution >= 4 is 50.6 Å². The molecule has 29 heavy (non-hydrogen) atoms. The Kier molecular flexibility index (Phi) is 5.85. The van der Waals surface area contributed by atoms with Gasteiger partial charge in [0.1, 0.15) is 4.88 Å². The van der Waals surface area contributed by atoms with Crippen molar-refractivity contribution in [1.29, 1.82) is 0 Å². The molecular weight excluding hydrogens is 408 g/mol. The Labute approximate surface area is 177 Å². The summed E-state index contributed by atoms with van der Waals surface area (Å²) >= 11 is 7.21. The number of nitrogens with zero attached hydrogens (tertiary/aromatic N) is 1. The second-order valence-corrected chi connectivity index (χ2v) is 8.73. The van der Waals surface area contributed by atoms with E-state index in [1.54, 1.807) is 24.3 Å². The minimum absolute atomic E-state index is 0.0761. The summed E-state index contributed by atoms with van der Waals surface area (Å²) in [5, 5.41) is 14.2. The van der Waals surface area contributed by atoms with Crippen LogP contribution in [0.4, 0.5) is 5.69 Å². The Bertz CT molecular complexity index is 1050. The van der Waals surface area contributed by atoms with E-state index in [2.05, 4.69) is 10.2 Å². The van der Waals surface area contributed by atoms with Crippen molar-refractivity contribution in [3.63, 3.8) is 0 Å². The third-order valence-electron chi connectivity index (χ3n) is 5.31. The van der Waals surface area contributed by atoms with Crippen molar-refractivity contribution in [2.24, 2.45) is 0 Å². The maximum Gasteiger partial charge on any atom is 0.346 e. The number of hydrogen-bond donors (Lipinski definition) is 2. The molecule has 7 heteroatoms. The van der Waals surface area contributed by atoms with Crippen LogP contribution in [0, 0.1) is 0 Å². The lowest BCUT2D eigenvalue weighted by atomic mass is 10.0. The first-order chi connectivity index (χ1) is 14.0. The van der Waals surface area contributed by atoms with Gasteiger partial charge in [0.05, 0.1) is 6.54 Å². The van der Waals surface area contributed by atoms with Crippen LogP contribution in [0.2, 0.25) is 5.02 Å². The average molecular weight is 429 g/mol. The second kappa shape index (κ2) is 8.53. The number of carboxylic acid groups (broad SMARTS) is 1. The molecule has 0 spiro atoms. The van der Waals surface area contributed by atoms with Gasteiger partial charge < -0.3 is 10.4 Å². The van der Waals surface area contributed by atoms with E-state index in [0.717, 1.165) is 35.0 Å². The van der Waals surface area contributed by atoms with Crippen molar-refractivity contribution in [3.8, 4) is 0 Å². The number of thiophene rings is 1. The van der Waals surface area contributed by atoms with E-state index in [1.165, 1.54) is 11.3 Å². The van der Waals surface area contributed by atoms with Crippen LogP contribution in [-0.2, 0) is 11.2 Å². The minimum atomic E-state index is -0.883. The molecule has 0 bridgehead atoms. The molecule has 1 saturated heterocycles. The fraction of sp³-hybridized carbons (Fsp3) is 0.273. The lowest BCUT2D eigenvalue weighted by molar-refractivity contribution is -0.117. The molecule has 1 amide bonds. The van der Waals surface area contributed by atoms with Gasteiger partial charge in [-0.15, -0.1) is 11.3 Å². The van der Waals surface area contributed by atoms with Gasteiger partial charge in [0.2, 0.25) is 5.91 Å². The lowest BCUT2D eigenvalue weighted by Crippen LogP contribution is -2.38. The summed E-state index contributed by atoms with van der Waals surface area (Å²) in [6.07, 6.45) is 2.60. The number of amides is 1. The van der Waals surface area contributed by atoms with Crippen LogP contribution in [0.5, 0.6) is 0 Å². The molecule has 0 saturated carbocycles. The van der Waals surface area contributed by atoms with Gasteiger partial charge in [-0.25, -0.2) is 4.79 Å². The predicted octanol–water partition coefficient (Wildman–Crippen LogP) is 4.90. The number of anilines is 1. The average Bonchev–Trinajstić information content (AvgIpc) is 3.29. The van der Waals surface area contributed by atoms with E-state index in [-0.39, 0.29) is 18.5 Å². The molecular formula is C22H21ClN2O3S. The molecule has 1 fully saturated rings. The number of halogens is 1. The van der Waals surface area contributed by atoms with Crippen LogP contribution in [0.15, 0.2) is 48.5 Å². The van der Waals surface area contributed by atoms with Crippen LogP contribution in [-0.4, -0.2) is 41.0 Å². The predicted molar refractivity (Wildman–Crippen MR) is 117 cm³/mol. The maximum atomic E-state index is 12.5. The van der Waals surface area contributed by atoms with Crippen molar-refractivity contribution in [3.05, 3.63) is 64.0 Å². The number of aromatic carboxylic acids is 1. The molecule has 5 nitrogen and oxygen atoms in total. The molecule has 3 aromatic rings. The molecule has 2 aromatic carbocycles. The monoisotopic (exact) mass is 428 g/mol. The molecule has 0 radical (unpaired) electrons. The number of fused-ring (bicyclic) bond motifs is 1. The Morgan fingerprint density at radius 1 is 1.17 bits per heavy atom. The van der Waals surface area contributed by atoms with Crippen molar-refractivity contribution in [1.82, 2.24) is 4.90 Å². The Morgan fingerprint density at radius 3 is 2.69 bits per heavy atom. The number of rotatable bonds is 6. The number of nitrogens with one attached hydrogen (secondary N) is 1. The van der Waals surface area contributed by atoms with E-state index in [1.807, 2.05) is 24.3 Å². The summed E-state index contributed by atoms with van der Waals surface area (Å²) in [5.74, 6) is -0.959. The molecule has 150 valence electrons. The van der Waals surface area contributed by atoms with Gasteiger partial charge in [-0.3, -0.25) is 9.69 Å². The summed E-state index contributed by atoms with van der Waals surface area (Å²) in [5.41, 5.74) is 1.60. The van der Waals surface area contributed by atoms with Gasteiger partial charge in [-0.1, -0.05) is 29.8 Å². The van der Waals surface area contributed by atoms with Gasteiger partial charge in [0.25, 0.3) is 0 Å². The first kappa shape index (κ1) is 19.9. The second-order valence-electron chi connectivity index (χ2n) is 7.24. The number of benzene rings is 2. The zero-order valence-corrected chi connectivity index (χ0v) is 17.3. The van der Waals surface area contributed by atoms with E-state index in [4.69, 9.17) is 11.6 Å². The van der Waals surface area contributed by atoms with Crippen LogP contribution >= 0.6 is 22.9 Å². The topological polar surface area (TPSA) is 69.6 Å². The van der Waals surface area contributed by atoms with Crippen LogP contribution in [0.1, 0.15) is 28.1 Å². The number of carbonyl (C=O) groups excluding carboxylic acids is 1. The summed E-state index contributed by atoms with van der Waals surface area (Å²) in [4.78, 5) is 26.8. The van der Waals surface area contributed by atoms with E-state index in [9.17, 15) is 14.7 Å². The van der Waals surface area contributed by atoms with Gasteiger partial charge in [0.15, 0.2) is 0 Å². The molecule has 2 N–H and O–H groups in total. The van der Waals surface area contributed by atoms with Gasteiger partial charge >= 0.3 is 5.97 Å². The number of carbonyl (C=O) groups is 2. The third-order valence-corrected chi connectivity index (χ3v) is 6.76. The zero-order valence-electron chi connectivity index (χ0n) is 15.7. The fourth-order valence-corrected chi connectivity index (χ4v) is 5.16. The zero-order chi connectivity index (χ0) is 20.4. The molecule has 2 heterocycles. The highest BCUT2D eigenvalue weighted by Crippen LogP contribution is 2.34.